The Balaban J connectivity index is 0.00000300. The molecule has 1 heterocycles. The standard InChI is InChI=1S/C24H29NO3.ClH/c26-24(27)14-16-25-15-4-8-22(19-25)18-21-10-12-23(13-11-21)28-17-5-9-20-6-2-1-3-7-20;/h1-3,6-7,10-13,18H,4-5,8-9,14-17,19H2,(H,26,27);1H/b22-18+;. The highest BCUT2D eigenvalue weighted by atomic mass is 35.5. The van der Waals surface area contributed by atoms with E-state index in [2.05, 4.69) is 47.4 Å². The van der Waals surface area contributed by atoms with Gasteiger partial charge in [0.2, 0.25) is 0 Å². The van der Waals surface area contributed by atoms with Crippen molar-refractivity contribution in [1.82, 2.24) is 4.90 Å². The molecule has 0 bridgehead atoms. The van der Waals surface area contributed by atoms with E-state index in [1.807, 2.05) is 18.2 Å². The van der Waals surface area contributed by atoms with Crippen molar-refractivity contribution in [3.05, 3.63) is 71.3 Å². The zero-order valence-corrected chi connectivity index (χ0v) is 17.6. The topological polar surface area (TPSA) is 49.8 Å². The van der Waals surface area contributed by atoms with Crippen molar-refractivity contribution in [3.8, 4) is 5.75 Å². The lowest BCUT2D eigenvalue weighted by Crippen LogP contribution is -2.33. The highest BCUT2D eigenvalue weighted by Gasteiger charge is 2.15. The van der Waals surface area contributed by atoms with Crippen LogP contribution in [0.3, 0.4) is 0 Å². The molecule has 0 aromatic heterocycles. The van der Waals surface area contributed by atoms with E-state index in [1.165, 1.54) is 16.7 Å². The molecule has 0 aliphatic carbocycles. The number of aryl methyl sites for hydroxylation is 1. The second-order valence-corrected chi connectivity index (χ2v) is 7.33. The molecule has 0 atom stereocenters. The van der Waals surface area contributed by atoms with Crippen molar-refractivity contribution in [2.75, 3.05) is 26.2 Å². The van der Waals surface area contributed by atoms with Gasteiger partial charge >= 0.3 is 5.97 Å². The number of benzene rings is 2. The summed E-state index contributed by atoms with van der Waals surface area (Å²) in [7, 11) is 0. The molecule has 1 aliphatic heterocycles. The van der Waals surface area contributed by atoms with Gasteiger partial charge in [-0.3, -0.25) is 9.69 Å². The molecule has 1 fully saturated rings. The van der Waals surface area contributed by atoms with Gasteiger partial charge in [0.15, 0.2) is 0 Å². The van der Waals surface area contributed by atoms with Gasteiger partial charge in [0, 0.05) is 13.1 Å². The van der Waals surface area contributed by atoms with Crippen LogP contribution in [0, 0.1) is 0 Å². The average Bonchev–Trinajstić information content (AvgIpc) is 2.72. The number of carboxylic acid groups (broad SMARTS) is 1. The summed E-state index contributed by atoms with van der Waals surface area (Å²) in [6.07, 6.45) is 6.65. The van der Waals surface area contributed by atoms with Crippen LogP contribution in [-0.2, 0) is 11.2 Å². The largest absolute Gasteiger partial charge is 0.494 e. The maximum Gasteiger partial charge on any atom is 0.304 e. The van der Waals surface area contributed by atoms with Crippen molar-refractivity contribution in [2.45, 2.75) is 32.1 Å². The van der Waals surface area contributed by atoms with E-state index in [1.54, 1.807) is 0 Å². The van der Waals surface area contributed by atoms with Gasteiger partial charge in [-0.25, -0.2) is 0 Å². The minimum absolute atomic E-state index is 0. The van der Waals surface area contributed by atoms with Gasteiger partial charge in [-0.05, 0) is 55.5 Å². The predicted octanol–water partition coefficient (Wildman–Crippen LogP) is 5.07. The molecule has 156 valence electrons. The SMILES string of the molecule is Cl.O=C(O)CCN1CCC/C(=C\c2ccc(OCCCc3ccccc3)cc2)C1. The van der Waals surface area contributed by atoms with Gasteiger partial charge in [0.25, 0.3) is 0 Å². The summed E-state index contributed by atoms with van der Waals surface area (Å²) in [5.41, 5.74) is 3.89. The Bertz CT molecular complexity index is 774. The van der Waals surface area contributed by atoms with Crippen LogP contribution >= 0.6 is 12.4 Å². The third-order valence-corrected chi connectivity index (χ3v) is 5.01. The van der Waals surface area contributed by atoms with E-state index in [0.29, 0.717) is 13.2 Å². The Labute approximate surface area is 179 Å². The molecule has 29 heavy (non-hydrogen) atoms. The quantitative estimate of drug-likeness (QED) is 0.580. The highest BCUT2D eigenvalue weighted by Crippen LogP contribution is 2.20. The highest BCUT2D eigenvalue weighted by molar-refractivity contribution is 5.85. The summed E-state index contributed by atoms with van der Waals surface area (Å²) < 4.78 is 5.86. The van der Waals surface area contributed by atoms with Crippen LogP contribution in [0.15, 0.2) is 60.2 Å². The minimum Gasteiger partial charge on any atom is -0.494 e. The first-order valence-corrected chi connectivity index (χ1v) is 10.1. The molecule has 1 aliphatic rings. The number of hydrogen-bond donors (Lipinski definition) is 1. The number of aliphatic carboxylic acids is 1. The van der Waals surface area contributed by atoms with Gasteiger partial charge < -0.3 is 9.84 Å². The van der Waals surface area contributed by atoms with E-state index >= 15 is 0 Å². The number of hydrogen-bond acceptors (Lipinski definition) is 3. The fourth-order valence-electron chi connectivity index (χ4n) is 3.54. The molecular weight excluding hydrogens is 386 g/mol. The summed E-state index contributed by atoms with van der Waals surface area (Å²) >= 11 is 0. The number of piperidine rings is 1. The van der Waals surface area contributed by atoms with Gasteiger partial charge in [0.05, 0.1) is 13.0 Å². The van der Waals surface area contributed by atoms with E-state index in [-0.39, 0.29) is 18.8 Å². The lowest BCUT2D eigenvalue weighted by Gasteiger charge is -2.28. The number of rotatable bonds is 9. The molecule has 0 spiro atoms. The number of carboxylic acids is 1. The zero-order chi connectivity index (χ0) is 19.6. The Morgan fingerprint density at radius 1 is 1.10 bits per heavy atom. The molecule has 1 N–H and O–H groups in total. The molecule has 4 nitrogen and oxygen atoms in total. The molecular formula is C24H30ClNO3. The first-order valence-electron chi connectivity index (χ1n) is 10.1. The van der Waals surface area contributed by atoms with Crippen LogP contribution in [0.1, 0.15) is 36.8 Å². The van der Waals surface area contributed by atoms with Crippen LogP contribution in [-0.4, -0.2) is 42.2 Å². The summed E-state index contributed by atoms with van der Waals surface area (Å²) in [5.74, 6) is 0.178. The van der Waals surface area contributed by atoms with E-state index in [0.717, 1.165) is 44.5 Å². The normalized spacial score (nSPS) is 15.7. The summed E-state index contributed by atoms with van der Waals surface area (Å²) in [6.45, 7) is 3.20. The van der Waals surface area contributed by atoms with Gasteiger partial charge in [-0.1, -0.05) is 54.1 Å². The maximum absolute atomic E-state index is 10.8. The van der Waals surface area contributed by atoms with Crippen molar-refractivity contribution in [1.29, 1.82) is 0 Å². The van der Waals surface area contributed by atoms with Crippen molar-refractivity contribution in [3.63, 3.8) is 0 Å². The van der Waals surface area contributed by atoms with Crippen LogP contribution in [0.5, 0.6) is 5.75 Å². The summed E-state index contributed by atoms with van der Waals surface area (Å²) in [4.78, 5) is 13.0. The fourth-order valence-corrected chi connectivity index (χ4v) is 3.54. The van der Waals surface area contributed by atoms with Crippen molar-refractivity contribution >= 4 is 24.5 Å². The molecule has 5 heteroatoms. The number of likely N-dealkylation sites (tertiary alicyclic amines) is 1. The van der Waals surface area contributed by atoms with Crippen LogP contribution < -0.4 is 4.74 Å². The lowest BCUT2D eigenvalue weighted by atomic mass is 10.0. The Morgan fingerprint density at radius 2 is 1.86 bits per heavy atom. The molecule has 1 saturated heterocycles. The smallest absolute Gasteiger partial charge is 0.304 e. The van der Waals surface area contributed by atoms with Gasteiger partial charge in [0.1, 0.15) is 5.75 Å². The first-order chi connectivity index (χ1) is 13.7. The third-order valence-electron chi connectivity index (χ3n) is 5.01. The maximum atomic E-state index is 10.8. The molecule has 2 aromatic carbocycles. The molecule has 0 radical (unpaired) electrons. The third kappa shape index (κ3) is 8.30. The van der Waals surface area contributed by atoms with E-state index < -0.39 is 5.97 Å². The van der Waals surface area contributed by atoms with E-state index in [9.17, 15) is 4.79 Å². The van der Waals surface area contributed by atoms with Crippen LogP contribution in [0.2, 0.25) is 0 Å². The van der Waals surface area contributed by atoms with Crippen molar-refractivity contribution in [2.24, 2.45) is 0 Å². The molecule has 0 amide bonds. The second-order valence-electron chi connectivity index (χ2n) is 7.33. The number of nitrogens with zero attached hydrogens (tertiary/aromatic N) is 1. The fraction of sp³-hybridized carbons (Fsp3) is 0.375. The number of carbonyl (C=O) groups is 1. The second kappa shape index (κ2) is 12.3. The van der Waals surface area contributed by atoms with Crippen LogP contribution in [0.4, 0.5) is 0 Å². The van der Waals surface area contributed by atoms with Gasteiger partial charge in [-0.2, -0.15) is 0 Å². The first kappa shape index (κ1) is 23.0. The summed E-state index contributed by atoms with van der Waals surface area (Å²) in [5, 5.41) is 8.85. The lowest BCUT2D eigenvalue weighted by molar-refractivity contribution is -0.137. The molecule has 3 rings (SSSR count). The number of halogens is 1. The Morgan fingerprint density at radius 3 is 2.59 bits per heavy atom. The molecule has 0 unspecified atom stereocenters. The van der Waals surface area contributed by atoms with E-state index in [4.69, 9.17) is 9.84 Å². The zero-order valence-electron chi connectivity index (χ0n) is 16.8. The Kier molecular flexibility index (Phi) is 9.75. The average molecular weight is 416 g/mol. The van der Waals surface area contributed by atoms with Crippen LogP contribution in [0.25, 0.3) is 6.08 Å². The van der Waals surface area contributed by atoms with Gasteiger partial charge in [-0.15, -0.1) is 12.4 Å². The monoisotopic (exact) mass is 415 g/mol. The van der Waals surface area contributed by atoms with Crippen molar-refractivity contribution < 1.29 is 14.6 Å². The molecule has 2 aromatic rings. The number of ether oxygens (including phenoxy) is 1. The Hall–Kier alpha value is -2.30. The molecule has 0 saturated carbocycles. The predicted molar refractivity (Wildman–Crippen MR) is 120 cm³/mol. The summed E-state index contributed by atoms with van der Waals surface area (Å²) in [6, 6.07) is 18.7. The minimum atomic E-state index is -0.726.